The Labute approximate surface area is 186 Å². The van der Waals surface area contributed by atoms with Crippen LogP contribution in [-0.2, 0) is 4.79 Å². The van der Waals surface area contributed by atoms with Crippen molar-refractivity contribution in [1.29, 1.82) is 0 Å². The van der Waals surface area contributed by atoms with Crippen LogP contribution in [0.2, 0.25) is 0 Å². The molecular formula is C20H20BrN5O3S. The molecule has 2 atom stereocenters. The van der Waals surface area contributed by atoms with Crippen molar-refractivity contribution >= 4 is 39.3 Å². The Hall–Kier alpha value is -2.72. The van der Waals surface area contributed by atoms with Crippen LogP contribution in [0.15, 0.2) is 52.1 Å². The van der Waals surface area contributed by atoms with Gasteiger partial charge in [0.1, 0.15) is 22.6 Å². The number of aromatic nitrogens is 3. The van der Waals surface area contributed by atoms with E-state index in [4.69, 9.17) is 9.47 Å². The molecule has 3 aromatic rings. The molecule has 0 spiro atoms. The number of carbonyl (C=O) groups is 1. The number of nitrogens with one attached hydrogen (secondary N) is 2. The second-order valence-electron chi connectivity index (χ2n) is 6.62. The summed E-state index contributed by atoms with van der Waals surface area (Å²) in [6, 6.07) is 12.7. The first-order chi connectivity index (χ1) is 14.5. The zero-order chi connectivity index (χ0) is 21.3. The second kappa shape index (κ2) is 8.57. The van der Waals surface area contributed by atoms with E-state index < -0.39 is 5.25 Å². The Kier molecular flexibility index (Phi) is 5.87. The Bertz CT molecular complexity index is 1070. The maximum atomic E-state index is 13.2. The topological polar surface area (TPSA) is 90.3 Å². The molecule has 10 heteroatoms. The first kappa shape index (κ1) is 20.5. The SMILES string of the molecule is COc1ccc(NC(=O)C2Sc3nnc(C)n3NC2c2ccc(OC)c(Br)c2)cc1. The predicted octanol–water partition coefficient (Wildman–Crippen LogP) is 3.76. The fraction of sp³-hybridized carbons (Fsp3) is 0.250. The van der Waals surface area contributed by atoms with Gasteiger partial charge in [-0.25, -0.2) is 4.68 Å². The van der Waals surface area contributed by atoms with Crippen molar-refractivity contribution in [1.82, 2.24) is 14.9 Å². The summed E-state index contributed by atoms with van der Waals surface area (Å²) in [7, 11) is 3.22. The summed E-state index contributed by atoms with van der Waals surface area (Å²) in [6.07, 6.45) is 0. The highest BCUT2D eigenvalue weighted by Crippen LogP contribution is 2.39. The van der Waals surface area contributed by atoms with Crippen LogP contribution in [-0.4, -0.2) is 40.3 Å². The lowest BCUT2D eigenvalue weighted by molar-refractivity contribution is -0.116. The number of carbonyl (C=O) groups excluding carboxylic acids is 1. The highest BCUT2D eigenvalue weighted by molar-refractivity contribution is 9.10. The summed E-state index contributed by atoms with van der Waals surface area (Å²) in [5.41, 5.74) is 5.02. The Morgan fingerprint density at radius 3 is 2.60 bits per heavy atom. The monoisotopic (exact) mass is 489 g/mol. The highest BCUT2D eigenvalue weighted by atomic mass is 79.9. The van der Waals surface area contributed by atoms with E-state index in [1.54, 1.807) is 26.4 Å². The maximum Gasteiger partial charge on any atom is 0.240 e. The van der Waals surface area contributed by atoms with E-state index in [2.05, 4.69) is 36.9 Å². The van der Waals surface area contributed by atoms with Gasteiger partial charge in [0.2, 0.25) is 11.1 Å². The number of benzene rings is 2. The zero-order valence-corrected chi connectivity index (χ0v) is 19.0. The number of aryl methyl sites for hydroxylation is 1. The standard InChI is InChI=1S/C20H20BrN5O3S/c1-11-23-24-20-26(11)25-17(12-4-9-16(29-3)15(21)10-12)18(30-20)19(27)22-13-5-7-14(28-2)8-6-13/h4-10,17-18,25H,1-3H3,(H,22,27). The Balaban J connectivity index is 1.65. The van der Waals surface area contributed by atoms with Crippen molar-refractivity contribution in [3.05, 3.63) is 58.3 Å². The number of ether oxygens (including phenoxy) is 2. The molecule has 0 bridgehead atoms. The molecule has 156 valence electrons. The summed E-state index contributed by atoms with van der Waals surface area (Å²) in [5, 5.41) is 11.5. The number of methoxy groups -OCH3 is 2. The molecule has 1 aliphatic heterocycles. The van der Waals surface area contributed by atoms with Crippen molar-refractivity contribution in [3.63, 3.8) is 0 Å². The summed E-state index contributed by atoms with van der Waals surface area (Å²) >= 11 is 4.91. The minimum Gasteiger partial charge on any atom is -0.497 e. The van der Waals surface area contributed by atoms with Crippen LogP contribution < -0.4 is 20.2 Å². The van der Waals surface area contributed by atoms with E-state index in [0.29, 0.717) is 10.8 Å². The third-order valence-electron chi connectivity index (χ3n) is 4.75. The zero-order valence-electron chi connectivity index (χ0n) is 16.5. The minimum atomic E-state index is -0.469. The van der Waals surface area contributed by atoms with Crippen molar-refractivity contribution in [2.75, 3.05) is 25.0 Å². The molecule has 0 saturated carbocycles. The molecule has 2 unspecified atom stereocenters. The number of halogens is 1. The van der Waals surface area contributed by atoms with Gasteiger partial charge in [-0.3, -0.25) is 4.79 Å². The maximum absolute atomic E-state index is 13.2. The molecule has 2 N–H and O–H groups in total. The Morgan fingerprint density at radius 1 is 1.17 bits per heavy atom. The molecule has 2 aromatic carbocycles. The normalized spacial score (nSPS) is 17.6. The van der Waals surface area contributed by atoms with Crippen molar-refractivity contribution in [3.8, 4) is 11.5 Å². The van der Waals surface area contributed by atoms with E-state index in [9.17, 15) is 4.79 Å². The molecule has 1 aromatic heterocycles. The number of nitrogens with zero attached hydrogens (tertiary/aromatic N) is 3. The van der Waals surface area contributed by atoms with E-state index in [0.717, 1.165) is 27.4 Å². The fourth-order valence-corrected chi connectivity index (χ4v) is 4.86. The first-order valence-corrected chi connectivity index (χ1v) is 10.8. The van der Waals surface area contributed by atoms with Crippen LogP contribution in [0.4, 0.5) is 5.69 Å². The van der Waals surface area contributed by atoms with Gasteiger partial charge in [-0.15, -0.1) is 10.2 Å². The third kappa shape index (κ3) is 3.97. The van der Waals surface area contributed by atoms with E-state index in [1.165, 1.54) is 11.8 Å². The number of amides is 1. The summed E-state index contributed by atoms with van der Waals surface area (Å²) in [5.74, 6) is 2.04. The van der Waals surface area contributed by atoms with Gasteiger partial charge >= 0.3 is 0 Å². The van der Waals surface area contributed by atoms with Gasteiger partial charge in [0.15, 0.2) is 0 Å². The van der Waals surface area contributed by atoms with Gasteiger partial charge < -0.3 is 20.2 Å². The van der Waals surface area contributed by atoms with E-state index >= 15 is 0 Å². The molecule has 1 amide bonds. The van der Waals surface area contributed by atoms with Gasteiger partial charge in [-0.2, -0.15) is 0 Å². The summed E-state index contributed by atoms with van der Waals surface area (Å²) in [6.45, 7) is 1.86. The molecular weight excluding hydrogens is 470 g/mol. The second-order valence-corrected chi connectivity index (χ2v) is 8.59. The van der Waals surface area contributed by atoms with Crippen molar-refractivity contribution in [2.24, 2.45) is 0 Å². The van der Waals surface area contributed by atoms with E-state index in [1.807, 2.05) is 41.9 Å². The van der Waals surface area contributed by atoms with Crippen LogP contribution in [0.3, 0.4) is 0 Å². The van der Waals surface area contributed by atoms with Crippen LogP contribution in [0, 0.1) is 6.92 Å². The van der Waals surface area contributed by atoms with Crippen LogP contribution in [0.1, 0.15) is 17.4 Å². The quantitative estimate of drug-likeness (QED) is 0.563. The predicted molar refractivity (Wildman–Crippen MR) is 119 cm³/mol. The van der Waals surface area contributed by atoms with Crippen LogP contribution in [0.25, 0.3) is 0 Å². The van der Waals surface area contributed by atoms with Gasteiger partial charge in [0.25, 0.3) is 0 Å². The summed E-state index contributed by atoms with van der Waals surface area (Å²) in [4.78, 5) is 13.2. The molecule has 0 fully saturated rings. The average Bonchev–Trinajstić information content (AvgIpc) is 3.13. The van der Waals surface area contributed by atoms with Gasteiger partial charge in [0.05, 0.1) is 24.7 Å². The molecule has 30 heavy (non-hydrogen) atoms. The van der Waals surface area contributed by atoms with Crippen LogP contribution >= 0.6 is 27.7 Å². The smallest absolute Gasteiger partial charge is 0.240 e. The molecule has 2 heterocycles. The largest absolute Gasteiger partial charge is 0.497 e. The molecule has 0 saturated heterocycles. The van der Waals surface area contributed by atoms with Gasteiger partial charge in [0, 0.05) is 5.69 Å². The van der Waals surface area contributed by atoms with E-state index in [-0.39, 0.29) is 11.9 Å². The molecule has 8 nitrogen and oxygen atoms in total. The molecule has 1 aliphatic rings. The van der Waals surface area contributed by atoms with Crippen LogP contribution in [0.5, 0.6) is 11.5 Å². The number of thioether (sulfide) groups is 1. The summed E-state index contributed by atoms with van der Waals surface area (Å²) < 4.78 is 13.1. The van der Waals surface area contributed by atoms with Gasteiger partial charge in [-0.05, 0) is 64.8 Å². The highest BCUT2D eigenvalue weighted by Gasteiger charge is 2.37. The van der Waals surface area contributed by atoms with Gasteiger partial charge in [-0.1, -0.05) is 17.8 Å². The molecule has 4 rings (SSSR count). The lowest BCUT2D eigenvalue weighted by Crippen LogP contribution is -2.41. The number of hydrogen-bond donors (Lipinski definition) is 2. The number of anilines is 1. The number of rotatable bonds is 5. The van der Waals surface area contributed by atoms with Crippen molar-refractivity contribution < 1.29 is 14.3 Å². The molecule has 0 aliphatic carbocycles. The van der Waals surface area contributed by atoms with Crippen molar-refractivity contribution in [2.45, 2.75) is 23.4 Å². The number of hydrogen-bond acceptors (Lipinski definition) is 7. The first-order valence-electron chi connectivity index (χ1n) is 9.13. The third-order valence-corrected chi connectivity index (χ3v) is 6.58. The average molecular weight is 490 g/mol. The Morgan fingerprint density at radius 2 is 1.93 bits per heavy atom. The lowest BCUT2D eigenvalue weighted by Gasteiger charge is -2.33. The number of fused-ring (bicyclic) bond motifs is 1. The lowest BCUT2D eigenvalue weighted by atomic mass is 10.0. The fourth-order valence-electron chi connectivity index (χ4n) is 3.17. The molecule has 0 radical (unpaired) electrons. The minimum absolute atomic E-state index is 0.137.